The van der Waals surface area contributed by atoms with Crippen molar-refractivity contribution in [2.45, 2.75) is 13.3 Å². The molecule has 0 saturated carbocycles. The van der Waals surface area contributed by atoms with Gasteiger partial charge in [0.05, 0.1) is 19.8 Å². The molecule has 1 heterocycles. The molecule has 23 heavy (non-hydrogen) atoms. The molecule has 1 aliphatic heterocycles. The monoisotopic (exact) mass is 384 g/mol. The first kappa shape index (κ1) is 18.2. The fourth-order valence-electron chi connectivity index (χ4n) is 2.85. The van der Waals surface area contributed by atoms with E-state index in [-0.39, 0.29) is 6.03 Å². The fraction of sp³-hybridized carbons (Fsp3) is 0.588. The molecule has 1 saturated heterocycles. The highest BCUT2D eigenvalue weighted by atomic mass is 79.9. The highest BCUT2D eigenvalue weighted by Crippen LogP contribution is 2.25. The number of benzene rings is 1. The Balaban J connectivity index is 1.88. The van der Waals surface area contributed by atoms with Gasteiger partial charge in [0.25, 0.3) is 0 Å². The van der Waals surface area contributed by atoms with Crippen LogP contribution in [0, 0.1) is 12.8 Å². The number of carbonyl (C=O) groups is 1. The van der Waals surface area contributed by atoms with Crippen LogP contribution in [-0.2, 0) is 9.47 Å². The van der Waals surface area contributed by atoms with Gasteiger partial charge in [-0.25, -0.2) is 4.79 Å². The van der Waals surface area contributed by atoms with E-state index in [0.29, 0.717) is 25.7 Å². The zero-order chi connectivity index (χ0) is 16.8. The van der Waals surface area contributed by atoms with Crippen LogP contribution in [0.2, 0.25) is 0 Å². The lowest BCUT2D eigenvalue weighted by atomic mass is 10.1. The molecule has 1 aliphatic rings. The number of rotatable bonds is 6. The lowest BCUT2D eigenvalue weighted by Gasteiger charge is -2.26. The van der Waals surface area contributed by atoms with Gasteiger partial charge >= 0.3 is 6.03 Å². The third-order valence-electron chi connectivity index (χ3n) is 4.15. The summed E-state index contributed by atoms with van der Waals surface area (Å²) in [4.78, 5) is 16.3. The van der Waals surface area contributed by atoms with Crippen LogP contribution < -0.4 is 4.90 Å². The summed E-state index contributed by atoms with van der Waals surface area (Å²) in [6.45, 7) is 5.47. The van der Waals surface area contributed by atoms with Gasteiger partial charge in [0.15, 0.2) is 0 Å². The summed E-state index contributed by atoms with van der Waals surface area (Å²) in [5, 5.41) is 0. The highest BCUT2D eigenvalue weighted by Gasteiger charge is 2.29. The van der Waals surface area contributed by atoms with Crippen molar-refractivity contribution < 1.29 is 14.3 Å². The summed E-state index contributed by atoms with van der Waals surface area (Å²) < 4.78 is 11.6. The summed E-state index contributed by atoms with van der Waals surface area (Å²) in [5.74, 6) is 0.412. The number of anilines is 1. The Labute approximate surface area is 146 Å². The number of ether oxygens (including phenoxy) is 2. The number of hydrogen-bond donors (Lipinski definition) is 0. The smallest absolute Gasteiger partial charge is 0.324 e. The van der Waals surface area contributed by atoms with Gasteiger partial charge in [-0.15, -0.1) is 0 Å². The zero-order valence-electron chi connectivity index (χ0n) is 14.0. The average molecular weight is 385 g/mol. The van der Waals surface area contributed by atoms with Gasteiger partial charge in [0.2, 0.25) is 0 Å². The van der Waals surface area contributed by atoms with Crippen molar-refractivity contribution >= 4 is 27.6 Å². The Morgan fingerprint density at radius 2 is 2.22 bits per heavy atom. The third kappa shape index (κ3) is 4.93. The Morgan fingerprint density at radius 1 is 1.43 bits per heavy atom. The number of likely N-dealkylation sites (tertiary alicyclic amines) is 1. The second kappa shape index (κ2) is 8.66. The number of aryl methyl sites for hydroxylation is 1. The number of hydrogen-bond acceptors (Lipinski definition) is 3. The van der Waals surface area contributed by atoms with Crippen molar-refractivity contribution in [3.63, 3.8) is 0 Å². The molecule has 128 valence electrons. The van der Waals surface area contributed by atoms with Gasteiger partial charge in [-0.2, -0.15) is 0 Å². The largest absolute Gasteiger partial charge is 0.382 e. The Hall–Kier alpha value is -1.11. The van der Waals surface area contributed by atoms with Crippen LogP contribution in [0.5, 0.6) is 0 Å². The molecule has 2 amide bonds. The Morgan fingerprint density at radius 3 is 2.91 bits per heavy atom. The predicted octanol–water partition coefficient (Wildman–Crippen LogP) is 3.30. The normalized spacial score (nSPS) is 17.6. The maximum Gasteiger partial charge on any atom is 0.324 e. The third-order valence-corrected chi connectivity index (χ3v) is 4.64. The minimum atomic E-state index is 0.0508. The molecule has 2 rings (SSSR count). The standard InChI is InChI=1S/C17H25BrN2O3/c1-13-10-15(18)4-5-16(13)19(2)17(21)20-7-6-14(11-20)12-23-9-8-22-3/h4-5,10,14H,6-9,11-12H2,1-3H3/t14-/m1/s1. The summed E-state index contributed by atoms with van der Waals surface area (Å²) in [6.07, 6.45) is 0.992. The first-order valence-electron chi connectivity index (χ1n) is 7.88. The quantitative estimate of drug-likeness (QED) is 0.706. The van der Waals surface area contributed by atoms with Crippen molar-refractivity contribution in [1.29, 1.82) is 0 Å². The van der Waals surface area contributed by atoms with Crippen LogP contribution in [0.15, 0.2) is 22.7 Å². The first-order valence-corrected chi connectivity index (χ1v) is 8.67. The molecule has 1 fully saturated rings. The zero-order valence-corrected chi connectivity index (χ0v) is 15.6. The van der Waals surface area contributed by atoms with Crippen LogP contribution in [0.25, 0.3) is 0 Å². The van der Waals surface area contributed by atoms with Crippen molar-refractivity contribution in [2.75, 3.05) is 52.0 Å². The van der Waals surface area contributed by atoms with Crippen molar-refractivity contribution in [3.8, 4) is 0 Å². The summed E-state index contributed by atoms with van der Waals surface area (Å²) in [7, 11) is 3.50. The molecular weight excluding hydrogens is 360 g/mol. The van der Waals surface area contributed by atoms with Gasteiger partial charge in [-0.3, -0.25) is 4.90 Å². The SMILES string of the molecule is COCCOC[C@@H]1CCN(C(=O)N(C)c2ccc(Br)cc2C)C1. The number of halogens is 1. The van der Waals surface area contributed by atoms with Crippen molar-refractivity contribution in [3.05, 3.63) is 28.2 Å². The average Bonchev–Trinajstić information content (AvgIpc) is 2.99. The summed E-state index contributed by atoms with van der Waals surface area (Å²) in [5.41, 5.74) is 2.02. The van der Waals surface area contributed by atoms with Crippen molar-refractivity contribution in [2.24, 2.45) is 5.92 Å². The van der Waals surface area contributed by atoms with E-state index in [4.69, 9.17) is 9.47 Å². The van der Waals surface area contributed by atoms with Crippen LogP contribution in [0.4, 0.5) is 10.5 Å². The molecule has 0 aliphatic carbocycles. The van der Waals surface area contributed by atoms with E-state index in [1.165, 1.54) is 0 Å². The summed E-state index contributed by atoms with van der Waals surface area (Å²) >= 11 is 3.46. The molecule has 0 aromatic heterocycles. The molecular formula is C17H25BrN2O3. The maximum atomic E-state index is 12.7. The maximum absolute atomic E-state index is 12.7. The number of nitrogens with zero attached hydrogens (tertiary/aromatic N) is 2. The number of methoxy groups -OCH3 is 1. The molecule has 1 atom stereocenters. The van der Waals surface area contributed by atoms with E-state index >= 15 is 0 Å². The van der Waals surface area contributed by atoms with Gasteiger partial charge in [0.1, 0.15) is 0 Å². The van der Waals surface area contributed by atoms with E-state index in [2.05, 4.69) is 15.9 Å². The number of urea groups is 1. The van der Waals surface area contributed by atoms with E-state index in [9.17, 15) is 4.79 Å². The van der Waals surface area contributed by atoms with Gasteiger partial charge in [-0.05, 0) is 37.1 Å². The van der Waals surface area contributed by atoms with Crippen LogP contribution >= 0.6 is 15.9 Å². The number of carbonyl (C=O) groups excluding carboxylic acids is 1. The van der Waals surface area contributed by atoms with Crippen LogP contribution in [0.1, 0.15) is 12.0 Å². The van der Waals surface area contributed by atoms with E-state index < -0.39 is 0 Å². The fourth-order valence-corrected chi connectivity index (χ4v) is 3.32. The molecule has 1 aromatic rings. The van der Waals surface area contributed by atoms with Gasteiger partial charge < -0.3 is 14.4 Å². The van der Waals surface area contributed by atoms with Crippen molar-refractivity contribution in [1.82, 2.24) is 4.90 Å². The molecule has 1 aromatic carbocycles. The second-order valence-electron chi connectivity index (χ2n) is 5.94. The molecule has 5 nitrogen and oxygen atoms in total. The molecule has 0 spiro atoms. The Bertz CT molecular complexity index is 539. The molecule has 0 bridgehead atoms. The van der Waals surface area contributed by atoms with Gasteiger partial charge in [0, 0.05) is 43.3 Å². The number of amides is 2. The van der Waals surface area contributed by atoms with E-state index in [0.717, 1.165) is 35.2 Å². The lowest BCUT2D eigenvalue weighted by molar-refractivity contribution is 0.0533. The molecule has 0 unspecified atom stereocenters. The lowest BCUT2D eigenvalue weighted by Crippen LogP contribution is -2.40. The van der Waals surface area contributed by atoms with E-state index in [1.807, 2.05) is 37.1 Å². The van der Waals surface area contributed by atoms with Gasteiger partial charge in [-0.1, -0.05) is 15.9 Å². The first-order chi connectivity index (χ1) is 11.0. The molecule has 0 radical (unpaired) electrons. The minimum absolute atomic E-state index is 0.0508. The van der Waals surface area contributed by atoms with Crippen LogP contribution in [-0.4, -0.2) is 58.0 Å². The molecule has 6 heteroatoms. The van der Waals surface area contributed by atoms with E-state index in [1.54, 1.807) is 12.0 Å². The minimum Gasteiger partial charge on any atom is -0.382 e. The predicted molar refractivity (Wildman–Crippen MR) is 95.1 cm³/mol. The molecule has 0 N–H and O–H groups in total. The second-order valence-corrected chi connectivity index (χ2v) is 6.86. The van der Waals surface area contributed by atoms with Crippen LogP contribution in [0.3, 0.4) is 0 Å². The summed E-state index contributed by atoms with van der Waals surface area (Å²) in [6, 6.07) is 6.01. The Kier molecular flexibility index (Phi) is 6.87. The topological polar surface area (TPSA) is 42.0 Å². The highest BCUT2D eigenvalue weighted by molar-refractivity contribution is 9.10.